The summed E-state index contributed by atoms with van der Waals surface area (Å²) in [5.41, 5.74) is 0.0279. The Hall–Kier alpha value is -1.18. The predicted molar refractivity (Wildman–Crippen MR) is 98.5 cm³/mol. The minimum absolute atomic E-state index is 0.195. The molecule has 0 bridgehead atoms. The van der Waals surface area contributed by atoms with Gasteiger partial charge in [0.05, 0.1) is 10.5 Å². The summed E-state index contributed by atoms with van der Waals surface area (Å²) in [5.74, 6) is 0. The molecule has 2 atom stereocenters. The molecule has 0 saturated carbocycles. The first-order valence-corrected chi connectivity index (χ1v) is 9.69. The van der Waals surface area contributed by atoms with Crippen LogP contribution in [-0.2, 0) is 17.2 Å². The highest BCUT2D eigenvalue weighted by Gasteiger charge is 2.38. The monoisotopic (exact) mass is 433 g/mol. The average molecular weight is 434 g/mol. The van der Waals surface area contributed by atoms with E-state index in [1.165, 1.54) is 18.2 Å². The van der Waals surface area contributed by atoms with Gasteiger partial charge in [0.2, 0.25) is 0 Å². The third-order valence-corrected chi connectivity index (χ3v) is 5.69. The highest BCUT2D eigenvalue weighted by Crippen LogP contribution is 2.36. The lowest BCUT2D eigenvalue weighted by Crippen LogP contribution is -2.33. The van der Waals surface area contributed by atoms with Crippen molar-refractivity contribution < 1.29 is 17.4 Å². The molecule has 0 N–H and O–H groups in total. The molecule has 1 aromatic rings. The maximum Gasteiger partial charge on any atom is 0.417 e. The molecule has 2 unspecified atom stereocenters. The fourth-order valence-electron chi connectivity index (χ4n) is 2.88. The number of alkyl halides is 3. The van der Waals surface area contributed by atoms with Crippen molar-refractivity contribution in [3.8, 4) is 0 Å². The maximum atomic E-state index is 13.3. The maximum absolute atomic E-state index is 13.3. The van der Waals surface area contributed by atoms with E-state index in [0.29, 0.717) is 11.0 Å². The first-order chi connectivity index (χ1) is 11.8. The van der Waals surface area contributed by atoms with Crippen molar-refractivity contribution in [3.05, 3.63) is 64.7 Å². The fraction of sp³-hybridized carbons (Fsp3) is 0.333. The minimum Gasteiger partial charge on any atom is -0.237 e. The van der Waals surface area contributed by atoms with Gasteiger partial charge < -0.3 is 0 Å². The summed E-state index contributed by atoms with van der Waals surface area (Å²) in [7, 11) is -1.89. The number of nitrogens with zero attached hydrogens (tertiary/aromatic N) is 1. The number of rotatable bonds is 5. The van der Waals surface area contributed by atoms with Crippen LogP contribution in [0.2, 0.25) is 0 Å². The summed E-state index contributed by atoms with van der Waals surface area (Å²) in [6.07, 6.45) is 2.52. The zero-order chi connectivity index (χ0) is 18.6. The number of allylic oxidation sites excluding steroid dienone is 3. The van der Waals surface area contributed by atoms with Crippen LogP contribution in [0.15, 0.2) is 64.0 Å². The van der Waals surface area contributed by atoms with E-state index in [2.05, 4.69) is 22.5 Å². The lowest BCUT2D eigenvalue weighted by Gasteiger charge is -2.25. The van der Waals surface area contributed by atoms with E-state index in [9.17, 15) is 17.4 Å². The molecule has 0 spiro atoms. The Kier molecular flexibility index (Phi) is 6.82. The molecule has 2 rings (SSSR count). The second kappa shape index (κ2) is 8.47. The summed E-state index contributed by atoms with van der Waals surface area (Å²) < 4.78 is 55.0. The first kappa shape index (κ1) is 20.1. The van der Waals surface area contributed by atoms with Gasteiger partial charge in [-0.25, -0.2) is 8.51 Å². The van der Waals surface area contributed by atoms with Crippen LogP contribution in [0.4, 0.5) is 13.2 Å². The SMILES string of the molecule is C=C(Br)/C=C(\C=C/C)C1CCCN1S(=O)c1ccccc1C(F)(F)F. The molecule has 0 aliphatic carbocycles. The molecule has 0 radical (unpaired) electrons. The van der Waals surface area contributed by atoms with E-state index >= 15 is 0 Å². The molecule has 25 heavy (non-hydrogen) atoms. The van der Waals surface area contributed by atoms with Gasteiger partial charge in [-0.2, -0.15) is 13.2 Å². The van der Waals surface area contributed by atoms with E-state index in [1.54, 1.807) is 4.31 Å². The number of halogens is 4. The van der Waals surface area contributed by atoms with Crippen LogP contribution in [0.3, 0.4) is 0 Å². The Labute approximate surface area is 156 Å². The second-order valence-electron chi connectivity index (χ2n) is 5.63. The predicted octanol–water partition coefficient (Wildman–Crippen LogP) is 5.60. The number of hydrogen-bond acceptors (Lipinski definition) is 1. The number of hydrogen-bond donors (Lipinski definition) is 0. The van der Waals surface area contributed by atoms with Gasteiger partial charge in [0.15, 0.2) is 0 Å². The van der Waals surface area contributed by atoms with E-state index in [1.807, 2.05) is 25.2 Å². The first-order valence-electron chi connectivity index (χ1n) is 7.79. The Morgan fingerprint density at radius 2 is 2.08 bits per heavy atom. The average Bonchev–Trinajstić information content (AvgIpc) is 3.02. The highest BCUT2D eigenvalue weighted by atomic mass is 79.9. The third-order valence-electron chi connectivity index (χ3n) is 3.86. The summed E-state index contributed by atoms with van der Waals surface area (Å²) in [5, 5.41) is 0. The van der Waals surface area contributed by atoms with Crippen molar-refractivity contribution in [2.24, 2.45) is 0 Å². The summed E-state index contributed by atoms with van der Waals surface area (Å²) in [6.45, 7) is 6.13. The largest absolute Gasteiger partial charge is 0.417 e. The Bertz CT molecular complexity index is 727. The van der Waals surface area contributed by atoms with Crippen molar-refractivity contribution in [1.82, 2.24) is 4.31 Å². The van der Waals surface area contributed by atoms with Crippen LogP contribution >= 0.6 is 15.9 Å². The number of benzene rings is 1. The quantitative estimate of drug-likeness (QED) is 0.553. The van der Waals surface area contributed by atoms with E-state index in [4.69, 9.17) is 0 Å². The van der Waals surface area contributed by atoms with Gasteiger partial charge >= 0.3 is 6.18 Å². The lowest BCUT2D eigenvalue weighted by atomic mass is 10.0. The van der Waals surface area contributed by atoms with E-state index in [-0.39, 0.29) is 10.9 Å². The van der Waals surface area contributed by atoms with Gasteiger partial charge in [-0.05, 0) is 43.5 Å². The zero-order valence-corrected chi connectivity index (χ0v) is 16.1. The van der Waals surface area contributed by atoms with Crippen molar-refractivity contribution in [2.75, 3.05) is 6.54 Å². The normalized spacial score (nSPS) is 21.0. The van der Waals surface area contributed by atoms with Crippen molar-refractivity contribution in [1.29, 1.82) is 0 Å². The molecule has 1 aromatic carbocycles. The fourth-order valence-corrected chi connectivity index (χ4v) is 4.72. The topological polar surface area (TPSA) is 20.3 Å². The molecule has 7 heteroatoms. The molecular weight excluding hydrogens is 415 g/mol. The van der Waals surface area contributed by atoms with Gasteiger partial charge in [-0.1, -0.05) is 46.8 Å². The van der Waals surface area contributed by atoms with Gasteiger partial charge in [0, 0.05) is 17.1 Å². The summed E-state index contributed by atoms with van der Waals surface area (Å²) in [4.78, 5) is -0.195. The van der Waals surface area contributed by atoms with Gasteiger partial charge in [-0.3, -0.25) is 0 Å². The van der Waals surface area contributed by atoms with Crippen molar-refractivity contribution in [2.45, 2.75) is 36.9 Å². The third kappa shape index (κ3) is 4.92. The van der Waals surface area contributed by atoms with Gasteiger partial charge in [-0.15, -0.1) is 0 Å². The molecule has 136 valence electrons. The van der Waals surface area contributed by atoms with Crippen molar-refractivity contribution in [3.63, 3.8) is 0 Å². The summed E-state index contributed by atoms with van der Waals surface area (Å²) >= 11 is 3.28. The van der Waals surface area contributed by atoms with Crippen LogP contribution in [-0.4, -0.2) is 21.1 Å². The van der Waals surface area contributed by atoms with Gasteiger partial charge in [0.1, 0.15) is 11.0 Å². The molecule has 2 nitrogen and oxygen atoms in total. The Morgan fingerprint density at radius 3 is 2.68 bits per heavy atom. The molecular formula is C18H19BrF3NOS. The minimum atomic E-state index is -4.53. The van der Waals surface area contributed by atoms with Gasteiger partial charge in [0.25, 0.3) is 0 Å². The molecule has 1 heterocycles. The van der Waals surface area contributed by atoms with Crippen LogP contribution in [0.5, 0.6) is 0 Å². The standard InChI is InChI=1S/C18H19BrF3NOS/c1-3-7-14(12-13(2)19)16-9-6-11-23(16)25(24)17-10-5-4-8-15(17)18(20,21)22/h3-5,7-8,10,12,16H,2,6,9,11H2,1H3/b7-3-,14-12+. The van der Waals surface area contributed by atoms with E-state index in [0.717, 1.165) is 24.5 Å². The molecule has 1 aliphatic heterocycles. The molecule has 0 amide bonds. The van der Waals surface area contributed by atoms with Crippen LogP contribution < -0.4 is 0 Å². The lowest BCUT2D eigenvalue weighted by molar-refractivity contribution is -0.139. The van der Waals surface area contributed by atoms with Crippen LogP contribution in [0.1, 0.15) is 25.3 Å². The molecule has 1 fully saturated rings. The zero-order valence-electron chi connectivity index (χ0n) is 13.7. The highest BCUT2D eigenvalue weighted by molar-refractivity contribution is 9.11. The smallest absolute Gasteiger partial charge is 0.237 e. The molecule has 1 aliphatic rings. The molecule has 1 saturated heterocycles. The van der Waals surface area contributed by atoms with E-state index < -0.39 is 22.7 Å². The second-order valence-corrected chi connectivity index (χ2v) is 8.06. The summed E-state index contributed by atoms with van der Waals surface area (Å²) in [6, 6.07) is 4.84. The Balaban J connectivity index is 2.41. The Morgan fingerprint density at radius 1 is 1.40 bits per heavy atom. The van der Waals surface area contributed by atoms with Crippen LogP contribution in [0.25, 0.3) is 0 Å². The van der Waals surface area contributed by atoms with Crippen molar-refractivity contribution >= 4 is 26.9 Å². The molecule has 0 aromatic heterocycles. The van der Waals surface area contributed by atoms with Crippen LogP contribution in [0, 0.1) is 0 Å².